The molecule has 0 radical (unpaired) electrons. The van der Waals surface area contributed by atoms with Gasteiger partial charge in [0.2, 0.25) is 17.7 Å². The second kappa shape index (κ2) is 16.6. The van der Waals surface area contributed by atoms with Gasteiger partial charge >= 0.3 is 12.1 Å². The predicted octanol–water partition coefficient (Wildman–Crippen LogP) is 6.08. The smallest absolute Gasteiger partial charge is 0.410 e. The fraction of sp³-hybridized carbons (Fsp3) is 0.452. The summed E-state index contributed by atoms with van der Waals surface area (Å²) in [6.07, 6.45) is 2.76. The summed E-state index contributed by atoms with van der Waals surface area (Å²) in [6, 6.07) is 20.8. The number of esters is 1. The summed E-state index contributed by atoms with van der Waals surface area (Å²) in [7, 11) is 0.821. The molecular formula is C42H54N4O7Si. The Morgan fingerprint density at radius 3 is 2.20 bits per heavy atom. The molecule has 2 aliphatic rings. The minimum absolute atomic E-state index is 0.125. The van der Waals surface area contributed by atoms with Crippen LogP contribution >= 0.6 is 0 Å². The summed E-state index contributed by atoms with van der Waals surface area (Å²) < 4.78 is 10.3. The number of carbonyl (C=O) groups excluding carboxylic acids is 5. The molecule has 3 aromatic carbocycles. The zero-order chi connectivity index (χ0) is 39.4. The highest BCUT2D eigenvalue weighted by Gasteiger charge is 2.47. The molecule has 54 heavy (non-hydrogen) atoms. The zero-order valence-electron chi connectivity index (χ0n) is 32.7. The van der Waals surface area contributed by atoms with Gasteiger partial charge in [-0.2, -0.15) is 0 Å². The molecule has 4 atom stereocenters. The third-order valence-corrected chi connectivity index (χ3v) is 13.0. The van der Waals surface area contributed by atoms with Gasteiger partial charge in [0, 0.05) is 19.6 Å². The number of fused-ring (bicyclic) bond motifs is 1. The van der Waals surface area contributed by atoms with E-state index in [1.807, 2.05) is 48.5 Å². The van der Waals surface area contributed by atoms with Crippen LogP contribution in [0.1, 0.15) is 73.6 Å². The van der Waals surface area contributed by atoms with Crippen LogP contribution in [-0.2, 0) is 36.7 Å². The summed E-state index contributed by atoms with van der Waals surface area (Å²) in [4.78, 5) is 70.3. The molecule has 0 saturated carbocycles. The Balaban J connectivity index is 1.39. The molecule has 1 aliphatic carbocycles. The average Bonchev–Trinajstić information content (AvgIpc) is 3.48. The van der Waals surface area contributed by atoms with Crippen molar-refractivity contribution in [2.75, 3.05) is 20.3 Å². The summed E-state index contributed by atoms with van der Waals surface area (Å²) in [5, 5.41) is 6.24. The molecule has 1 saturated heterocycles. The van der Waals surface area contributed by atoms with Gasteiger partial charge in [-0.1, -0.05) is 73.8 Å². The minimum Gasteiger partial charge on any atom is -0.465 e. The van der Waals surface area contributed by atoms with Crippen molar-refractivity contribution in [1.82, 2.24) is 20.4 Å². The number of ether oxygens (including phenoxy) is 2. The van der Waals surface area contributed by atoms with Crippen LogP contribution in [-0.4, -0.2) is 91.7 Å². The Morgan fingerprint density at radius 1 is 0.944 bits per heavy atom. The number of nitrogens with one attached hydrogen (secondary N) is 2. The maximum Gasteiger partial charge on any atom is 0.410 e. The maximum absolute atomic E-state index is 14.7. The number of hydrogen-bond acceptors (Lipinski definition) is 7. The van der Waals surface area contributed by atoms with E-state index in [-0.39, 0.29) is 24.3 Å². The van der Waals surface area contributed by atoms with Crippen molar-refractivity contribution in [3.05, 3.63) is 95.1 Å². The molecule has 5 rings (SSSR count). The van der Waals surface area contributed by atoms with Crippen molar-refractivity contribution in [3.8, 4) is 11.1 Å². The van der Waals surface area contributed by atoms with Gasteiger partial charge in [0.25, 0.3) is 0 Å². The Hall–Kier alpha value is -4.97. The third-order valence-electron chi connectivity index (χ3n) is 10.3. The van der Waals surface area contributed by atoms with Crippen LogP contribution in [0, 0.1) is 0 Å². The number of rotatable bonds is 10. The van der Waals surface area contributed by atoms with E-state index in [1.54, 1.807) is 44.7 Å². The van der Waals surface area contributed by atoms with Gasteiger partial charge < -0.3 is 25.0 Å². The minimum atomic E-state index is -2.01. The first-order valence-electron chi connectivity index (χ1n) is 18.7. The topological polar surface area (TPSA) is 134 Å². The normalized spacial score (nSPS) is 18.8. The zero-order valence-corrected chi connectivity index (χ0v) is 33.7. The number of aryl methyl sites for hydroxylation is 1. The number of methoxy groups -OCH3 is 1. The Labute approximate surface area is 319 Å². The van der Waals surface area contributed by atoms with Gasteiger partial charge in [0.15, 0.2) is 0 Å². The molecule has 2 unspecified atom stereocenters. The molecule has 1 aliphatic heterocycles. The molecule has 0 aromatic heterocycles. The summed E-state index contributed by atoms with van der Waals surface area (Å²) in [5.41, 5.74) is 4.66. The van der Waals surface area contributed by atoms with Crippen LogP contribution in [0.5, 0.6) is 0 Å². The van der Waals surface area contributed by atoms with E-state index in [0.717, 1.165) is 41.5 Å². The van der Waals surface area contributed by atoms with Gasteiger partial charge in [0.05, 0.1) is 26.8 Å². The lowest BCUT2D eigenvalue weighted by atomic mass is 9.87. The standard InChI is InChI=1S/C42H54N4O7Si/c1-27(45(5)41(51)53-42(2,3)4)37(47)44-35(24-28-16-18-29(19-17-28)30-20-22-32(23-21-30)40(50)52-6)39(49)46-26-54(7,8)25-36(46)38(48)43-34-15-11-13-31-12-9-10-14-33(31)34/h9-10,12,14,16-23,27,34-36H,11,13,15,24-26H2,1-8H3,(H,43,48)(H,44,47)/t27-,34?,35?,36-/m0/s1. The highest BCUT2D eigenvalue weighted by atomic mass is 28.3. The van der Waals surface area contributed by atoms with Crippen LogP contribution in [0.15, 0.2) is 72.8 Å². The van der Waals surface area contributed by atoms with E-state index >= 15 is 0 Å². The number of likely N-dealkylation sites (N-methyl/N-ethyl adjacent to an activating group) is 1. The van der Waals surface area contributed by atoms with Gasteiger partial charge in [-0.3, -0.25) is 19.3 Å². The number of hydrogen-bond donors (Lipinski definition) is 2. The molecule has 0 spiro atoms. The fourth-order valence-electron chi connectivity index (χ4n) is 7.25. The molecular weight excluding hydrogens is 701 g/mol. The lowest BCUT2D eigenvalue weighted by Crippen LogP contribution is -2.57. The summed E-state index contributed by atoms with van der Waals surface area (Å²) >= 11 is 0. The van der Waals surface area contributed by atoms with Crippen LogP contribution in [0.3, 0.4) is 0 Å². The Morgan fingerprint density at radius 2 is 1.57 bits per heavy atom. The van der Waals surface area contributed by atoms with Crippen molar-refractivity contribution in [1.29, 1.82) is 0 Å². The molecule has 1 fully saturated rings. The van der Waals surface area contributed by atoms with Crippen LogP contribution < -0.4 is 10.6 Å². The first-order chi connectivity index (χ1) is 25.5. The van der Waals surface area contributed by atoms with Crippen LogP contribution in [0.25, 0.3) is 11.1 Å². The van der Waals surface area contributed by atoms with E-state index in [1.165, 1.54) is 24.6 Å². The van der Waals surface area contributed by atoms with Crippen LogP contribution in [0.4, 0.5) is 4.79 Å². The maximum atomic E-state index is 14.7. The molecule has 1 heterocycles. The fourth-order valence-corrected chi connectivity index (χ4v) is 10.1. The third kappa shape index (κ3) is 9.76. The van der Waals surface area contributed by atoms with Gasteiger partial charge in [-0.15, -0.1) is 0 Å². The number of benzene rings is 3. The summed E-state index contributed by atoms with van der Waals surface area (Å²) in [5.74, 6) is -1.43. The Bertz CT molecular complexity index is 1860. The number of nitrogens with zero attached hydrogens (tertiary/aromatic N) is 2. The van der Waals surface area contributed by atoms with Crippen molar-refractivity contribution < 1.29 is 33.4 Å². The van der Waals surface area contributed by atoms with E-state index < -0.39 is 49.8 Å². The second-order valence-corrected chi connectivity index (χ2v) is 21.4. The van der Waals surface area contributed by atoms with Crippen LogP contribution in [0.2, 0.25) is 19.1 Å². The lowest BCUT2D eigenvalue weighted by Gasteiger charge is -2.33. The van der Waals surface area contributed by atoms with Crippen molar-refractivity contribution in [2.45, 2.75) is 102 Å². The van der Waals surface area contributed by atoms with Crippen molar-refractivity contribution in [3.63, 3.8) is 0 Å². The quantitative estimate of drug-likeness (QED) is 0.190. The van der Waals surface area contributed by atoms with Gasteiger partial charge in [0.1, 0.15) is 23.7 Å². The first-order valence-corrected chi connectivity index (χ1v) is 22.1. The average molecular weight is 755 g/mol. The molecule has 0 bridgehead atoms. The summed E-state index contributed by atoms with van der Waals surface area (Å²) in [6.45, 7) is 11.2. The molecule has 288 valence electrons. The molecule has 12 heteroatoms. The molecule has 11 nitrogen and oxygen atoms in total. The second-order valence-electron chi connectivity index (χ2n) is 16.3. The highest BCUT2D eigenvalue weighted by molar-refractivity contribution is 6.79. The predicted molar refractivity (Wildman–Crippen MR) is 210 cm³/mol. The number of carbonyl (C=O) groups is 5. The highest BCUT2D eigenvalue weighted by Crippen LogP contribution is 2.32. The van der Waals surface area contributed by atoms with Gasteiger partial charge in [-0.25, -0.2) is 9.59 Å². The van der Waals surface area contributed by atoms with E-state index in [4.69, 9.17) is 9.47 Å². The molecule has 2 N–H and O–H groups in total. The van der Waals surface area contributed by atoms with Crippen molar-refractivity contribution >= 4 is 37.9 Å². The lowest BCUT2D eigenvalue weighted by molar-refractivity contribution is -0.141. The monoisotopic (exact) mass is 754 g/mol. The van der Waals surface area contributed by atoms with Crippen molar-refractivity contribution in [2.24, 2.45) is 0 Å². The van der Waals surface area contributed by atoms with Gasteiger partial charge in [-0.05, 0) is 93.0 Å². The van der Waals surface area contributed by atoms with E-state index in [0.29, 0.717) is 17.8 Å². The SMILES string of the molecule is COC(=O)c1ccc(-c2ccc(CC(NC(=O)[C@H](C)N(C)C(=O)OC(C)(C)C)C(=O)N3C[Si](C)(C)C[C@H]3C(=O)NC3CCCc4ccccc43)cc2)cc1. The van der Waals surface area contributed by atoms with E-state index in [9.17, 15) is 24.0 Å². The van der Waals surface area contributed by atoms with E-state index in [2.05, 4.69) is 35.9 Å². The number of amides is 4. The molecule has 4 amide bonds. The molecule has 3 aromatic rings. The largest absolute Gasteiger partial charge is 0.465 e. The Kier molecular flexibility index (Phi) is 12.4. The first kappa shape index (κ1) is 40.2.